The fourth-order valence-corrected chi connectivity index (χ4v) is 3.08. The zero-order valence-electron chi connectivity index (χ0n) is 13.6. The first-order valence-electron chi connectivity index (χ1n) is 8.16. The number of amides is 1. The molecule has 21 heavy (non-hydrogen) atoms. The van der Waals surface area contributed by atoms with Crippen molar-refractivity contribution in [2.45, 2.75) is 52.5 Å². The zero-order chi connectivity index (χ0) is 15.3. The highest BCUT2D eigenvalue weighted by Gasteiger charge is 2.39. The van der Waals surface area contributed by atoms with E-state index in [2.05, 4.69) is 26.1 Å². The number of unbranched alkanes of at least 4 members (excludes halogenated alkanes) is 1. The number of carbonyl (C=O) groups excluding carboxylic acids is 1. The first kappa shape index (κ1) is 16.0. The molecule has 1 unspecified atom stereocenters. The van der Waals surface area contributed by atoms with Crippen LogP contribution in [-0.2, 0) is 4.79 Å². The average Bonchev–Trinajstić information content (AvgIpc) is 2.48. The van der Waals surface area contributed by atoms with Gasteiger partial charge in [-0.3, -0.25) is 4.79 Å². The van der Waals surface area contributed by atoms with Crippen molar-refractivity contribution in [3.05, 3.63) is 30.3 Å². The smallest absolute Gasteiger partial charge is 0.244 e. The number of anilines is 1. The number of piperidine rings is 1. The standard InChI is InChI=1S/C18H28N2O/c1-4-5-14-20(15-10-7-6-8-11-15)17(21)16-18(2,3)12-9-13-19-16/h6-8,10-11,16,19H,4-5,9,12-14H2,1-3H3. The number of benzene rings is 1. The highest BCUT2D eigenvalue weighted by Crippen LogP contribution is 2.32. The number of nitrogens with zero attached hydrogens (tertiary/aromatic N) is 1. The summed E-state index contributed by atoms with van der Waals surface area (Å²) < 4.78 is 0. The maximum Gasteiger partial charge on any atom is 0.244 e. The molecule has 1 aromatic carbocycles. The lowest BCUT2D eigenvalue weighted by atomic mass is 9.77. The van der Waals surface area contributed by atoms with Crippen molar-refractivity contribution in [3.8, 4) is 0 Å². The Morgan fingerprint density at radius 1 is 1.33 bits per heavy atom. The molecule has 3 heteroatoms. The Morgan fingerprint density at radius 2 is 2.05 bits per heavy atom. The maximum atomic E-state index is 13.1. The van der Waals surface area contributed by atoms with E-state index < -0.39 is 0 Å². The van der Waals surface area contributed by atoms with Crippen molar-refractivity contribution >= 4 is 11.6 Å². The van der Waals surface area contributed by atoms with Gasteiger partial charge in [-0.1, -0.05) is 45.4 Å². The minimum Gasteiger partial charge on any atom is -0.311 e. The van der Waals surface area contributed by atoms with Crippen LogP contribution in [0.4, 0.5) is 5.69 Å². The maximum absolute atomic E-state index is 13.1. The molecule has 0 radical (unpaired) electrons. The lowest BCUT2D eigenvalue weighted by Gasteiger charge is -2.40. The summed E-state index contributed by atoms with van der Waals surface area (Å²) in [5.41, 5.74) is 1.04. The third-order valence-electron chi connectivity index (χ3n) is 4.44. The van der Waals surface area contributed by atoms with Gasteiger partial charge in [-0.2, -0.15) is 0 Å². The highest BCUT2D eigenvalue weighted by molar-refractivity contribution is 5.97. The van der Waals surface area contributed by atoms with Gasteiger partial charge < -0.3 is 10.2 Å². The molecule has 116 valence electrons. The van der Waals surface area contributed by atoms with E-state index in [-0.39, 0.29) is 17.4 Å². The molecular weight excluding hydrogens is 260 g/mol. The number of nitrogens with one attached hydrogen (secondary N) is 1. The summed E-state index contributed by atoms with van der Waals surface area (Å²) in [6, 6.07) is 9.98. The molecule has 3 nitrogen and oxygen atoms in total. The quantitative estimate of drug-likeness (QED) is 0.898. The van der Waals surface area contributed by atoms with Crippen LogP contribution in [0.1, 0.15) is 46.5 Å². The SMILES string of the molecule is CCCCN(C(=O)C1NCCCC1(C)C)c1ccccc1. The lowest BCUT2D eigenvalue weighted by molar-refractivity contribution is -0.124. The summed E-state index contributed by atoms with van der Waals surface area (Å²) in [5.74, 6) is 0.222. The van der Waals surface area contributed by atoms with Crippen molar-refractivity contribution in [2.75, 3.05) is 18.0 Å². The molecule has 0 aromatic heterocycles. The van der Waals surface area contributed by atoms with E-state index >= 15 is 0 Å². The minimum atomic E-state index is -0.0803. The second-order valence-electron chi connectivity index (χ2n) is 6.66. The van der Waals surface area contributed by atoms with E-state index in [0.717, 1.165) is 44.5 Å². The van der Waals surface area contributed by atoms with Crippen molar-refractivity contribution < 1.29 is 4.79 Å². The molecule has 1 aliphatic rings. The van der Waals surface area contributed by atoms with Gasteiger partial charge in [0.1, 0.15) is 0 Å². The zero-order valence-corrected chi connectivity index (χ0v) is 13.6. The molecule has 1 aliphatic heterocycles. The van der Waals surface area contributed by atoms with Crippen molar-refractivity contribution in [1.82, 2.24) is 5.32 Å². The molecule has 1 N–H and O–H groups in total. The van der Waals surface area contributed by atoms with Gasteiger partial charge >= 0.3 is 0 Å². The van der Waals surface area contributed by atoms with E-state index in [1.807, 2.05) is 35.2 Å². The van der Waals surface area contributed by atoms with E-state index in [1.165, 1.54) is 0 Å². The summed E-state index contributed by atoms with van der Waals surface area (Å²) in [5, 5.41) is 3.44. The first-order chi connectivity index (χ1) is 10.1. The van der Waals surface area contributed by atoms with Crippen LogP contribution in [0.5, 0.6) is 0 Å². The number of carbonyl (C=O) groups is 1. The Balaban J connectivity index is 2.21. The fourth-order valence-electron chi connectivity index (χ4n) is 3.08. The van der Waals surface area contributed by atoms with Gasteiger partial charge in [-0.15, -0.1) is 0 Å². The van der Waals surface area contributed by atoms with Crippen molar-refractivity contribution in [3.63, 3.8) is 0 Å². The molecule has 0 bridgehead atoms. The Kier molecular flexibility index (Phi) is 5.40. The van der Waals surface area contributed by atoms with Gasteiger partial charge in [0, 0.05) is 12.2 Å². The molecule has 0 saturated carbocycles. The van der Waals surface area contributed by atoms with Crippen LogP contribution in [0.2, 0.25) is 0 Å². The number of hydrogen-bond acceptors (Lipinski definition) is 2. The Morgan fingerprint density at radius 3 is 2.67 bits per heavy atom. The predicted molar refractivity (Wildman–Crippen MR) is 88.5 cm³/mol. The molecule has 1 amide bonds. The van der Waals surface area contributed by atoms with Gasteiger partial charge in [-0.25, -0.2) is 0 Å². The Hall–Kier alpha value is -1.35. The largest absolute Gasteiger partial charge is 0.311 e. The van der Waals surface area contributed by atoms with E-state index in [4.69, 9.17) is 0 Å². The lowest BCUT2D eigenvalue weighted by Crippen LogP contribution is -2.57. The fraction of sp³-hybridized carbons (Fsp3) is 0.611. The van der Waals surface area contributed by atoms with Gasteiger partial charge in [0.15, 0.2) is 0 Å². The van der Waals surface area contributed by atoms with Crippen LogP contribution in [0.15, 0.2) is 30.3 Å². The normalized spacial score (nSPS) is 21.0. The molecule has 2 rings (SSSR count). The first-order valence-corrected chi connectivity index (χ1v) is 8.16. The van der Waals surface area contributed by atoms with E-state index in [9.17, 15) is 4.79 Å². The highest BCUT2D eigenvalue weighted by atomic mass is 16.2. The third-order valence-corrected chi connectivity index (χ3v) is 4.44. The van der Waals surface area contributed by atoms with Crippen LogP contribution in [0.3, 0.4) is 0 Å². The summed E-state index contributed by atoms with van der Waals surface area (Å²) in [6.07, 6.45) is 4.38. The van der Waals surface area contributed by atoms with Crippen LogP contribution < -0.4 is 10.2 Å². The van der Waals surface area contributed by atoms with Gasteiger partial charge in [0.25, 0.3) is 0 Å². The molecule has 1 saturated heterocycles. The molecule has 1 fully saturated rings. The number of rotatable bonds is 5. The molecular formula is C18H28N2O. The van der Waals surface area contributed by atoms with Crippen LogP contribution in [-0.4, -0.2) is 25.0 Å². The van der Waals surface area contributed by atoms with Crippen molar-refractivity contribution in [2.24, 2.45) is 5.41 Å². The Bertz CT molecular complexity index is 456. The topological polar surface area (TPSA) is 32.3 Å². The number of hydrogen-bond donors (Lipinski definition) is 1. The molecule has 0 aliphatic carbocycles. The third kappa shape index (κ3) is 3.85. The average molecular weight is 288 g/mol. The number of para-hydroxylation sites is 1. The minimum absolute atomic E-state index is 0.0224. The summed E-state index contributed by atoms with van der Waals surface area (Å²) in [4.78, 5) is 15.1. The van der Waals surface area contributed by atoms with Gasteiger partial charge in [0.05, 0.1) is 6.04 Å². The van der Waals surface area contributed by atoms with Crippen LogP contribution >= 0.6 is 0 Å². The predicted octanol–water partition coefficient (Wildman–Crippen LogP) is 3.60. The second-order valence-corrected chi connectivity index (χ2v) is 6.66. The Labute approximate surface area is 128 Å². The summed E-state index contributed by atoms with van der Waals surface area (Å²) in [7, 11) is 0. The molecule has 0 spiro atoms. The van der Waals surface area contributed by atoms with Crippen LogP contribution in [0.25, 0.3) is 0 Å². The monoisotopic (exact) mass is 288 g/mol. The molecule has 1 atom stereocenters. The van der Waals surface area contributed by atoms with Gasteiger partial charge in [0.2, 0.25) is 5.91 Å². The molecule has 1 aromatic rings. The van der Waals surface area contributed by atoms with E-state index in [1.54, 1.807) is 0 Å². The summed E-state index contributed by atoms with van der Waals surface area (Å²) in [6.45, 7) is 8.30. The van der Waals surface area contributed by atoms with E-state index in [0.29, 0.717) is 0 Å². The van der Waals surface area contributed by atoms with Crippen LogP contribution in [0, 0.1) is 5.41 Å². The summed E-state index contributed by atoms with van der Waals surface area (Å²) >= 11 is 0. The molecule has 1 heterocycles. The second kappa shape index (κ2) is 7.08. The van der Waals surface area contributed by atoms with Gasteiger partial charge in [-0.05, 0) is 43.4 Å². The van der Waals surface area contributed by atoms with Crippen molar-refractivity contribution in [1.29, 1.82) is 0 Å².